The Kier molecular flexibility index (Phi) is 2.32. The summed E-state index contributed by atoms with van der Waals surface area (Å²) in [5.41, 5.74) is 0. The van der Waals surface area contributed by atoms with Crippen LogP contribution in [-0.4, -0.2) is 36.0 Å². The zero-order chi connectivity index (χ0) is 9.54. The molecule has 0 N–H and O–H groups in total. The van der Waals surface area contributed by atoms with Gasteiger partial charge in [-0.25, -0.2) is 0 Å². The number of alkyl halides is 1. The van der Waals surface area contributed by atoms with Gasteiger partial charge in [0.1, 0.15) is 5.76 Å². The lowest BCUT2D eigenvalue weighted by atomic mass is 9.87. The Morgan fingerprint density at radius 3 is 3.29 bits per heavy atom. The van der Waals surface area contributed by atoms with E-state index < -0.39 is 0 Å². The molecule has 78 valence electrons. The van der Waals surface area contributed by atoms with E-state index in [0.717, 1.165) is 17.2 Å². The maximum atomic E-state index is 5.47. The zero-order valence-corrected chi connectivity index (χ0v) is 9.87. The lowest BCUT2D eigenvalue weighted by molar-refractivity contribution is 0.309. The van der Waals surface area contributed by atoms with Gasteiger partial charge in [-0.2, -0.15) is 0 Å². The minimum absolute atomic E-state index is 0.521. The lowest BCUT2D eigenvalue weighted by Crippen LogP contribution is -2.22. The molecule has 2 heterocycles. The Balaban J connectivity index is 1.59. The molecule has 0 spiro atoms. The predicted octanol–water partition coefficient (Wildman–Crippen LogP) is 2.01. The van der Waals surface area contributed by atoms with E-state index in [-0.39, 0.29) is 0 Å². The summed E-state index contributed by atoms with van der Waals surface area (Å²) in [5, 5.41) is 1.13. The van der Waals surface area contributed by atoms with Crippen molar-refractivity contribution in [3.05, 3.63) is 11.8 Å². The van der Waals surface area contributed by atoms with Crippen LogP contribution in [0.15, 0.2) is 11.8 Å². The van der Waals surface area contributed by atoms with Crippen LogP contribution in [0.4, 0.5) is 0 Å². The number of epoxide rings is 1. The van der Waals surface area contributed by atoms with Crippen LogP contribution in [0, 0.1) is 11.8 Å². The van der Waals surface area contributed by atoms with Crippen molar-refractivity contribution in [2.24, 2.45) is 11.8 Å². The third-order valence-electron chi connectivity index (χ3n) is 3.61. The number of ether oxygens (including phenoxy) is 1. The van der Waals surface area contributed by atoms with E-state index in [2.05, 4.69) is 26.9 Å². The molecule has 0 radical (unpaired) electrons. The second-order valence-corrected chi connectivity index (χ2v) is 5.43. The largest absolute Gasteiger partial charge is 0.483 e. The van der Waals surface area contributed by atoms with Crippen molar-refractivity contribution in [3.8, 4) is 0 Å². The summed E-state index contributed by atoms with van der Waals surface area (Å²) in [6.07, 6.45) is 5.46. The number of likely N-dealkylation sites (tertiary alicyclic amines) is 1. The fraction of sp³-hybridized carbons (Fsp3) is 0.818. The van der Waals surface area contributed by atoms with Gasteiger partial charge in [-0.1, -0.05) is 15.9 Å². The third-order valence-corrected chi connectivity index (χ3v) is 4.17. The molecular weight excluding hydrogens is 242 g/mol. The van der Waals surface area contributed by atoms with Crippen molar-refractivity contribution in [2.45, 2.75) is 18.9 Å². The molecule has 0 amide bonds. The molecule has 2 aliphatic heterocycles. The summed E-state index contributed by atoms with van der Waals surface area (Å²) < 4.78 is 5.47. The standard InChI is InChI=1S/C11H16BrNO/c12-2-1-3-13-6-8-4-10-11(14-10)5-9(8)7-13/h4,8-9,11H,1-3,5-7H2. The molecule has 0 saturated carbocycles. The van der Waals surface area contributed by atoms with Gasteiger partial charge in [0.25, 0.3) is 0 Å². The van der Waals surface area contributed by atoms with Crippen LogP contribution in [0.5, 0.6) is 0 Å². The molecule has 0 bridgehead atoms. The second-order valence-electron chi connectivity index (χ2n) is 4.64. The summed E-state index contributed by atoms with van der Waals surface area (Å²) in [6, 6.07) is 0. The third kappa shape index (κ3) is 1.61. The molecule has 3 rings (SSSR count). The van der Waals surface area contributed by atoms with E-state index in [4.69, 9.17) is 4.74 Å². The summed E-state index contributed by atoms with van der Waals surface area (Å²) in [5.74, 6) is 2.95. The van der Waals surface area contributed by atoms with E-state index in [1.807, 2.05) is 0 Å². The summed E-state index contributed by atoms with van der Waals surface area (Å²) in [7, 11) is 0. The molecule has 1 aliphatic carbocycles. The van der Waals surface area contributed by atoms with Crippen LogP contribution in [0.1, 0.15) is 12.8 Å². The number of halogens is 1. The van der Waals surface area contributed by atoms with Gasteiger partial charge in [0, 0.05) is 18.4 Å². The zero-order valence-electron chi connectivity index (χ0n) is 8.29. The first-order chi connectivity index (χ1) is 6.86. The van der Waals surface area contributed by atoms with Gasteiger partial charge in [-0.3, -0.25) is 0 Å². The normalized spacial score (nSPS) is 39.8. The highest BCUT2D eigenvalue weighted by Gasteiger charge is 2.45. The van der Waals surface area contributed by atoms with Gasteiger partial charge in [0.2, 0.25) is 0 Å². The van der Waals surface area contributed by atoms with Crippen LogP contribution >= 0.6 is 15.9 Å². The smallest absolute Gasteiger partial charge is 0.155 e. The molecule has 3 atom stereocenters. The Labute approximate surface area is 93.4 Å². The molecule has 3 aliphatic rings. The molecule has 3 unspecified atom stereocenters. The van der Waals surface area contributed by atoms with E-state index in [1.165, 1.54) is 38.2 Å². The van der Waals surface area contributed by atoms with Crippen molar-refractivity contribution in [1.29, 1.82) is 0 Å². The number of hydrogen-bond donors (Lipinski definition) is 0. The number of hydrogen-bond acceptors (Lipinski definition) is 2. The Bertz CT molecular complexity index is 266. The maximum absolute atomic E-state index is 5.47. The number of fused-ring (bicyclic) bond motifs is 2. The Morgan fingerprint density at radius 1 is 1.50 bits per heavy atom. The van der Waals surface area contributed by atoms with Gasteiger partial charge >= 0.3 is 0 Å². The second kappa shape index (κ2) is 3.53. The Hall–Kier alpha value is -0.0200. The molecule has 2 fully saturated rings. The summed E-state index contributed by atoms with van der Waals surface area (Å²) in [4.78, 5) is 2.61. The van der Waals surface area contributed by atoms with E-state index >= 15 is 0 Å². The monoisotopic (exact) mass is 257 g/mol. The van der Waals surface area contributed by atoms with Crippen LogP contribution in [0.2, 0.25) is 0 Å². The molecule has 2 nitrogen and oxygen atoms in total. The van der Waals surface area contributed by atoms with Gasteiger partial charge in [-0.05, 0) is 37.3 Å². The molecule has 0 aromatic heterocycles. The Morgan fingerprint density at radius 2 is 2.43 bits per heavy atom. The van der Waals surface area contributed by atoms with E-state index in [0.29, 0.717) is 6.10 Å². The van der Waals surface area contributed by atoms with Gasteiger partial charge < -0.3 is 9.64 Å². The number of rotatable bonds is 3. The summed E-state index contributed by atoms with van der Waals surface area (Å²) >= 11 is 3.49. The maximum Gasteiger partial charge on any atom is 0.155 e. The van der Waals surface area contributed by atoms with Crippen molar-refractivity contribution < 1.29 is 4.74 Å². The minimum Gasteiger partial charge on any atom is -0.483 e. The highest BCUT2D eigenvalue weighted by atomic mass is 79.9. The van der Waals surface area contributed by atoms with Crippen LogP contribution in [0.25, 0.3) is 0 Å². The molecule has 0 aromatic rings. The lowest BCUT2D eigenvalue weighted by Gasteiger charge is -2.14. The van der Waals surface area contributed by atoms with Crippen molar-refractivity contribution in [2.75, 3.05) is 25.0 Å². The first-order valence-corrected chi connectivity index (χ1v) is 6.65. The minimum atomic E-state index is 0.521. The molecule has 2 saturated heterocycles. The predicted molar refractivity (Wildman–Crippen MR) is 59.4 cm³/mol. The van der Waals surface area contributed by atoms with E-state index in [9.17, 15) is 0 Å². The average Bonchev–Trinajstić information content (AvgIpc) is 2.81. The fourth-order valence-electron chi connectivity index (χ4n) is 2.82. The highest BCUT2D eigenvalue weighted by molar-refractivity contribution is 9.09. The van der Waals surface area contributed by atoms with Crippen LogP contribution < -0.4 is 0 Å². The first-order valence-electron chi connectivity index (χ1n) is 5.53. The van der Waals surface area contributed by atoms with Crippen molar-refractivity contribution in [3.63, 3.8) is 0 Å². The van der Waals surface area contributed by atoms with Crippen LogP contribution in [-0.2, 0) is 4.74 Å². The average molecular weight is 258 g/mol. The highest BCUT2D eigenvalue weighted by Crippen LogP contribution is 2.44. The molecule has 0 aromatic carbocycles. The topological polar surface area (TPSA) is 15.8 Å². The fourth-order valence-corrected chi connectivity index (χ4v) is 3.07. The van der Waals surface area contributed by atoms with Crippen molar-refractivity contribution >= 4 is 15.9 Å². The molecule has 3 heteroatoms. The van der Waals surface area contributed by atoms with Gasteiger partial charge in [0.15, 0.2) is 6.10 Å². The number of nitrogens with zero attached hydrogens (tertiary/aromatic N) is 1. The molecular formula is C11H16BrNO. The first kappa shape index (κ1) is 9.22. The molecule has 14 heavy (non-hydrogen) atoms. The SMILES string of the molecule is BrCCCN1CC2C=C3OC3CC2C1. The quantitative estimate of drug-likeness (QED) is 0.568. The summed E-state index contributed by atoms with van der Waals surface area (Å²) in [6.45, 7) is 3.81. The van der Waals surface area contributed by atoms with Crippen molar-refractivity contribution in [1.82, 2.24) is 4.90 Å². The van der Waals surface area contributed by atoms with Gasteiger partial charge in [-0.15, -0.1) is 0 Å². The van der Waals surface area contributed by atoms with E-state index in [1.54, 1.807) is 0 Å². The van der Waals surface area contributed by atoms with Gasteiger partial charge in [0.05, 0.1) is 0 Å². The van der Waals surface area contributed by atoms with Crippen LogP contribution in [0.3, 0.4) is 0 Å².